The number of nitrogens with one attached hydrogen (secondary N) is 1. The zero-order chi connectivity index (χ0) is 12.0. The molecule has 0 aliphatic rings. The van der Waals surface area contributed by atoms with Crippen LogP contribution in [0.4, 0.5) is 0 Å². The molecule has 0 unspecified atom stereocenters. The summed E-state index contributed by atoms with van der Waals surface area (Å²) in [6, 6.07) is 3.13. The number of carbonyl (C=O) groups excluding carboxylic acids is 1. The number of rotatable bonds is 6. The zero-order valence-corrected chi connectivity index (χ0v) is 9.92. The Bertz CT molecular complexity index is 348. The molecule has 1 aromatic rings. The Morgan fingerprint density at radius 2 is 2.31 bits per heavy atom. The molecule has 0 radical (unpaired) electrons. The van der Waals surface area contributed by atoms with Crippen LogP contribution in [-0.2, 0) is 16.0 Å². The molecule has 1 atom stereocenters. The molecule has 0 saturated heterocycles. The fourth-order valence-corrected chi connectivity index (χ4v) is 2.01. The molecule has 1 amide bonds. The second kappa shape index (κ2) is 6.27. The molecule has 2 N–H and O–H groups in total. The Hall–Kier alpha value is -1.36. The van der Waals surface area contributed by atoms with Crippen molar-refractivity contribution >= 4 is 23.2 Å². The first-order valence-corrected chi connectivity index (χ1v) is 6.06. The fourth-order valence-electron chi connectivity index (χ4n) is 1.30. The molecular weight excluding hydrogens is 226 g/mol. The summed E-state index contributed by atoms with van der Waals surface area (Å²) >= 11 is 1.60. The van der Waals surface area contributed by atoms with Gasteiger partial charge in [-0.3, -0.25) is 4.79 Å². The molecule has 1 rings (SSSR count). The maximum Gasteiger partial charge on any atom is 0.326 e. The number of amides is 1. The van der Waals surface area contributed by atoms with Gasteiger partial charge in [-0.05, 0) is 24.3 Å². The van der Waals surface area contributed by atoms with Crippen LogP contribution in [-0.4, -0.2) is 23.0 Å². The monoisotopic (exact) mass is 241 g/mol. The summed E-state index contributed by atoms with van der Waals surface area (Å²) in [6.07, 6.45) is 1.41. The summed E-state index contributed by atoms with van der Waals surface area (Å²) in [5.41, 5.74) is 0. The average Bonchev–Trinajstić information content (AvgIpc) is 2.75. The molecule has 1 aromatic heterocycles. The number of hydrogen-bond donors (Lipinski definition) is 2. The van der Waals surface area contributed by atoms with Gasteiger partial charge in [-0.1, -0.05) is 13.0 Å². The standard InChI is InChI=1S/C11H15NO3S/c1-2-9(11(14)15)12-10(13)6-5-8-4-3-7-16-8/h3-4,7,9H,2,5-6H2,1H3,(H,12,13)(H,14,15)/t9-/m0/s1. The predicted molar refractivity (Wildman–Crippen MR) is 62.5 cm³/mol. The van der Waals surface area contributed by atoms with Crippen molar-refractivity contribution in [3.05, 3.63) is 22.4 Å². The van der Waals surface area contributed by atoms with Crippen LogP contribution in [0, 0.1) is 0 Å². The highest BCUT2D eigenvalue weighted by Crippen LogP contribution is 2.10. The van der Waals surface area contributed by atoms with E-state index in [1.807, 2.05) is 17.5 Å². The van der Waals surface area contributed by atoms with Crippen molar-refractivity contribution in [2.45, 2.75) is 32.2 Å². The SMILES string of the molecule is CC[C@H](NC(=O)CCc1cccs1)C(=O)O. The first-order valence-electron chi connectivity index (χ1n) is 5.18. The van der Waals surface area contributed by atoms with E-state index in [-0.39, 0.29) is 5.91 Å². The van der Waals surface area contributed by atoms with Gasteiger partial charge < -0.3 is 10.4 Å². The van der Waals surface area contributed by atoms with Crippen molar-refractivity contribution in [2.24, 2.45) is 0 Å². The number of aryl methyl sites for hydroxylation is 1. The first kappa shape index (κ1) is 12.7. The summed E-state index contributed by atoms with van der Waals surface area (Å²) in [5.74, 6) is -1.19. The Morgan fingerprint density at radius 3 is 2.81 bits per heavy atom. The van der Waals surface area contributed by atoms with Gasteiger partial charge in [0.2, 0.25) is 5.91 Å². The van der Waals surface area contributed by atoms with Crippen LogP contribution >= 0.6 is 11.3 Å². The Kier molecular flexibility index (Phi) is 4.98. The number of carboxylic acids is 1. The lowest BCUT2D eigenvalue weighted by Crippen LogP contribution is -2.40. The third-order valence-electron chi connectivity index (χ3n) is 2.22. The van der Waals surface area contributed by atoms with Gasteiger partial charge in [0.1, 0.15) is 6.04 Å². The first-order chi connectivity index (χ1) is 7.63. The van der Waals surface area contributed by atoms with Gasteiger partial charge in [0.15, 0.2) is 0 Å². The highest BCUT2D eigenvalue weighted by Gasteiger charge is 2.17. The van der Waals surface area contributed by atoms with Crippen LogP contribution in [0.3, 0.4) is 0 Å². The molecule has 0 spiro atoms. The molecular formula is C11H15NO3S. The summed E-state index contributed by atoms with van der Waals surface area (Å²) in [4.78, 5) is 23.3. The molecule has 0 bridgehead atoms. The van der Waals surface area contributed by atoms with Gasteiger partial charge in [-0.25, -0.2) is 4.79 Å². The van der Waals surface area contributed by atoms with Crippen molar-refractivity contribution in [2.75, 3.05) is 0 Å². The van der Waals surface area contributed by atoms with Crippen molar-refractivity contribution in [1.82, 2.24) is 5.32 Å². The van der Waals surface area contributed by atoms with Crippen LogP contribution < -0.4 is 5.32 Å². The molecule has 4 nitrogen and oxygen atoms in total. The number of carbonyl (C=O) groups is 2. The van der Waals surface area contributed by atoms with Gasteiger partial charge in [0.25, 0.3) is 0 Å². The minimum Gasteiger partial charge on any atom is -0.480 e. The summed E-state index contributed by atoms with van der Waals surface area (Å²) in [7, 11) is 0. The van der Waals surface area contributed by atoms with Crippen LogP contribution in [0.15, 0.2) is 17.5 Å². The van der Waals surface area contributed by atoms with Crippen LogP contribution in [0.1, 0.15) is 24.6 Å². The lowest BCUT2D eigenvalue weighted by molar-refractivity contribution is -0.141. The van der Waals surface area contributed by atoms with Crippen LogP contribution in [0.5, 0.6) is 0 Å². The van der Waals surface area contributed by atoms with Crippen molar-refractivity contribution in [1.29, 1.82) is 0 Å². The van der Waals surface area contributed by atoms with Gasteiger partial charge >= 0.3 is 5.97 Å². The molecule has 88 valence electrons. The van der Waals surface area contributed by atoms with E-state index in [1.54, 1.807) is 18.3 Å². The molecule has 5 heteroatoms. The number of thiophene rings is 1. The topological polar surface area (TPSA) is 66.4 Å². The van der Waals surface area contributed by atoms with E-state index in [4.69, 9.17) is 5.11 Å². The van der Waals surface area contributed by atoms with Gasteiger partial charge in [-0.15, -0.1) is 11.3 Å². The number of aliphatic carboxylic acids is 1. The van der Waals surface area contributed by atoms with E-state index in [9.17, 15) is 9.59 Å². The van der Waals surface area contributed by atoms with Crippen molar-refractivity contribution < 1.29 is 14.7 Å². The minimum atomic E-state index is -0.980. The highest BCUT2D eigenvalue weighted by atomic mass is 32.1. The highest BCUT2D eigenvalue weighted by molar-refractivity contribution is 7.09. The molecule has 0 aliphatic carbocycles. The molecule has 0 aromatic carbocycles. The van der Waals surface area contributed by atoms with E-state index < -0.39 is 12.0 Å². The molecule has 16 heavy (non-hydrogen) atoms. The van der Waals surface area contributed by atoms with E-state index in [1.165, 1.54) is 0 Å². The largest absolute Gasteiger partial charge is 0.480 e. The average molecular weight is 241 g/mol. The van der Waals surface area contributed by atoms with Gasteiger partial charge in [0, 0.05) is 11.3 Å². The second-order valence-corrected chi connectivity index (χ2v) is 4.48. The maximum absolute atomic E-state index is 11.4. The van der Waals surface area contributed by atoms with E-state index >= 15 is 0 Å². The summed E-state index contributed by atoms with van der Waals surface area (Å²) < 4.78 is 0. The molecule has 0 fully saturated rings. The smallest absolute Gasteiger partial charge is 0.326 e. The van der Waals surface area contributed by atoms with Crippen molar-refractivity contribution in [3.63, 3.8) is 0 Å². The van der Waals surface area contributed by atoms with E-state index in [2.05, 4.69) is 5.32 Å². The predicted octanol–water partition coefficient (Wildman–Crippen LogP) is 1.66. The third-order valence-corrected chi connectivity index (χ3v) is 3.16. The van der Waals surface area contributed by atoms with Gasteiger partial charge in [0.05, 0.1) is 0 Å². The quantitative estimate of drug-likeness (QED) is 0.796. The minimum absolute atomic E-state index is 0.206. The summed E-state index contributed by atoms with van der Waals surface area (Å²) in [6.45, 7) is 1.73. The molecule has 1 heterocycles. The Morgan fingerprint density at radius 1 is 1.56 bits per heavy atom. The Balaban J connectivity index is 2.33. The maximum atomic E-state index is 11.4. The fraction of sp³-hybridized carbons (Fsp3) is 0.455. The molecule has 0 saturated carbocycles. The number of hydrogen-bond acceptors (Lipinski definition) is 3. The molecule has 0 aliphatic heterocycles. The lowest BCUT2D eigenvalue weighted by Gasteiger charge is -2.11. The normalized spacial score (nSPS) is 12.1. The number of carboxylic acid groups (broad SMARTS) is 1. The van der Waals surface area contributed by atoms with Crippen LogP contribution in [0.25, 0.3) is 0 Å². The van der Waals surface area contributed by atoms with E-state index in [0.29, 0.717) is 19.3 Å². The summed E-state index contributed by atoms with van der Waals surface area (Å²) in [5, 5.41) is 13.2. The van der Waals surface area contributed by atoms with Crippen LogP contribution in [0.2, 0.25) is 0 Å². The third kappa shape index (κ3) is 4.02. The van der Waals surface area contributed by atoms with E-state index in [0.717, 1.165) is 4.88 Å². The Labute approximate surface area is 98.3 Å². The second-order valence-electron chi connectivity index (χ2n) is 3.45. The zero-order valence-electron chi connectivity index (χ0n) is 9.10. The van der Waals surface area contributed by atoms with Gasteiger partial charge in [-0.2, -0.15) is 0 Å². The van der Waals surface area contributed by atoms with Crippen molar-refractivity contribution in [3.8, 4) is 0 Å². The lowest BCUT2D eigenvalue weighted by atomic mass is 10.2.